The highest BCUT2D eigenvalue weighted by molar-refractivity contribution is 6.03. The number of nitrogens with zero attached hydrogens (tertiary/aromatic N) is 2. The number of rotatable bonds is 5. The lowest BCUT2D eigenvalue weighted by Gasteiger charge is -2.32. The summed E-state index contributed by atoms with van der Waals surface area (Å²) in [5.41, 5.74) is 5.39. The fourth-order valence-corrected chi connectivity index (χ4v) is 4.32. The summed E-state index contributed by atoms with van der Waals surface area (Å²) in [6, 6.07) is 16.7. The summed E-state index contributed by atoms with van der Waals surface area (Å²) in [7, 11) is 0. The van der Waals surface area contributed by atoms with Gasteiger partial charge in [-0.1, -0.05) is 30.3 Å². The van der Waals surface area contributed by atoms with E-state index in [1.165, 1.54) is 5.56 Å². The molecule has 5 heteroatoms. The molecule has 2 heterocycles. The molecule has 1 aliphatic heterocycles. The van der Waals surface area contributed by atoms with Crippen molar-refractivity contribution in [3.63, 3.8) is 0 Å². The van der Waals surface area contributed by atoms with E-state index in [2.05, 4.69) is 36.1 Å². The van der Waals surface area contributed by atoms with E-state index >= 15 is 0 Å². The average molecular weight is 402 g/mol. The molecule has 0 bridgehead atoms. The van der Waals surface area contributed by atoms with Gasteiger partial charge < -0.3 is 9.84 Å². The zero-order chi connectivity index (χ0) is 20.7. The van der Waals surface area contributed by atoms with Gasteiger partial charge in [-0.25, -0.2) is 4.79 Å². The van der Waals surface area contributed by atoms with E-state index in [9.17, 15) is 9.90 Å². The third-order valence-electron chi connectivity index (χ3n) is 6.37. The molecule has 1 aromatic heterocycles. The fraction of sp³-hybridized carbons (Fsp3) is 0.360. The van der Waals surface area contributed by atoms with Gasteiger partial charge in [0.25, 0.3) is 0 Å². The Morgan fingerprint density at radius 2 is 1.77 bits per heavy atom. The number of morpholine rings is 1. The molecule has 0 radical (unpaired) electrons. The van der Waals surface area contributed by atoms with E-state index in [0.717, 1.165) is 61.5 Å². The van der Waals surface area contributed by atoms with Crippen LogP contribution in [0.15, 0.2) is 48.5 Å². The van der Waals surface area contributed by atoms with Crippen molar-refractivity contribution >= 4 is 16.9 Å². The van der Waals surface area contributed by atoms with Crippen LogP contribution in [0.2, 0.25) is 0 Å². The Labute approximate surface area is 176 Å². The maximum absolute atomic E-state index is 11.9. The Hall–Kier alpha value is -2.76. The van der Waals surface area contributed by atoms with Gasteiger partial charge in [0.2, 0.25) is 0 Å². The molecule has 1 atom stereocenters. The zero-order valence-corrected chi connectivity index (χ0v) is 17.2. The molecule has 1 saturated heterocycles. The highest BCUT2D eigenvalue weighted by Gasteiger charge is 2.27. The van der Waals surface area contributed by atoms with Gasteiger partial charge in [0, 0.05) is 36.1 Å². The van der Waals surface area contributed by atoms with Crippen LogP contribution in [0.25, 0.3) is 22.0 Å². The first kappa shape index (κ1) is 19.2. The lowest BCUT2D eigenvalue weighted by molar-refractivity contribution is 0.0198. The number of carboxylic acids is 1. The molecule has 154 valence electrons. The van der Waals surface area contributed by atoms with Gasteiger partial charge >= 0.3 is 5.97 Å². The van der Waals surface area contributed by atoms with Crippen molar-refractivity contribution in [2.45, 2.75) is 31.7 Å². The minimum Gasteiger partial charge on any atom is -0.478 e. The molecular weight excluding hydrogens is 376 g/mol. The highest BCUT2D eigenvalue weighted by atomic mass is 16.5. The Morgan fingerprint density at radius 3 is 2.43 bits per heavy atom. The molecule has 2 aliphatic rings. The lowest BCUT2D eigenvalue weighted by atomic mass is 9.97. The molecule has 0 spiro atoms. The van der Waals surface area contributed by atoms with Crippen molar-refractivity contribution in [1.82, 2.24) is 9.88 Å². The molecule has 0 unspecified atom stereocenters. The monoisotopic (exact) mass is 402 g/mol. The molecule has 5 rings (SSSR count). The van der Waals surface area contributed by atoms with Crippen LogP contribution in [0, 0.1) is 0 Å². The second-order valence-electron chi connectivity index (χ2n) is 8.35. The summed E-state index contributed by atoms with van der Waals surface area (Å²) in [6.07, 6.45) is 2.20. The standard InChI is InChI=1S/C25H26N2O3/c1-16(27-10-12-30-13-11-27)17-2-4-18(5-3-17)20-8-9-23-21(14-20)22(25(28)29)15-24(26-23)19-6-7-19/h2-5,8-9,14-16,19H,6-7,10-13H2,1H3,(H,28,29)/t16-/m0/s1. The molecular formula is C25H26N2O3. The quantitative estimate of drug-likeness (QED) is 0.660. The van der Waals surface area contributed by atoms with Crippen molar-refractivity contribution in [2.24, 2.45) is 0 Å². The zero-order valence-electron chi connectivity index (χ0n) is 17.2. The van der Waals surface area contributed by atoms with Gasteiger partial charge in [0.05, 0.1) is 24.3 Å². The fourth-order valence-electron chi connectivity index (χ4n) is 4.32. The predicted octanol–water partition coefficient (Wildman–Crippen LogP) is 4.87. The van der Waals surface area contributed by atoms with Gasteiger partial charge in [-0.2, -0.15) is 0 Å². The highest BCUT2D eigenvalue weighted by Crippen LogP contribution is 2.40. The van der Waals surface area contributed by atoms with Gasteiger partial charge in [-0.15, -0.1) is 0 Å². The van der Waals surface area contributed by atoms with Crippen molar-refractivity contribution < 1.29 is 14.6 Å². The predicted molar refractivity (Wildman–Crippen MR) is 117 cm³/mol. The maximum Gasteiger partial charge on any atom is 0.336 e. The number of carbonyl (C=O) groups is 1. The largest absolute Gasteiger partial charge is 0.478 e. The topological polar surface area (TPSA) is 62.7 Å². The van der Waals surface area contributed by atoms with Crippen LogP contribution in [-0.2, 0) is 4.74 Å². The number of benzene rings is 2. The van der Waals surface area contributed by atoms with Crippen LogP contribution >= 0.6 is 0 Å². The number of ether oxygens (including phenoxy) is 1. The molecule has 1 saturated carbocycles. The maximum atomic E-state index is 11.9. The van der Waals surface area contributed by atoms with Gasteiger partial charge in [0.15, 0.2) is 0 Å². The van der Waals surface area contributed by atoms with Gasteiger partial charge in [-0.3, -0.25) is 9.88 Å². The molecule has 5 nitrogen and oxygen atoms in total. The third kappa shape index (κ3) is 3.71. The third-order valence-corrected chi connectivity index (χ3v) is 6.37. The Bertz CT molecular complexity index is 1080. The average Bonchev–Trinajstić information content (AvgIpc) is 3.64. The van der Waals surface area contributed by atoms with Crippen molar-refractivity contribution in [3.05, 3.63) is 65.4 Å². The molecule has 2 aromatic carbocycles. The number of carboxylic acid groups (broad SMARTS) is 1. The van der Waals surface area contributed by atoms with Crippen LogP contribution in [0.5, 0.6) is 0 Å². The van der Waals surface area contributed by atoms with E-state index in [4.69, 9.17) is 9.72 Å². The van der Waals surface area contributed by atoms with E-state index in [1.807, 2.05) is 18.2 Å². The molecule has 1 N–H and O–H groups in total. The Balaban J connectivity index is 1.46. The number of hydrogen-bond acceptors (Lipinski definition) is 4. The molecule has 2 fully saturated rings. The van der Waals surface area contributed by atoms with Gasteiger partial charge in [0.1, 0.15) is 0 Å². The summed E-state index contributed by atoms with van der Waals surface area (Å²) in [4.78, 5) is 19.1. The second kappa shape index (κ2) is 7.82. The Morgan fingerprint density at radius 1 is 1.07 bits per heavy atom. The van der Waals surface area contributed by atoms with Crippen LogP contribution in [0.4, 0.5) is 0 Å². The van der Waals surface area contributed by atoms with E-state index in [-0.39, 0.29) is 0 Å². The van der Waals surface area contributed by atoms with E-state index < -0.39 is 5.97 Å². The summed E-state index contributed by atoms with van der Waals surface area (Å²) < 4.78 is 5.46. The molecule has 1 aliphatic carbocycles. The molecule has 30 heavy (non-hydrogen) atoms. The number of hydrogen-bond donors (Lipinski definition) is 1. The van der Waals surface area contributed by atoms with Crippen LogP contribution in [-0.4, -0.2) is 47.3 Å². The van der Waals surface area contributed by atoms with E-state index in [0.29, 0.717) is 22.9 Å². The SMILES string of the molecule is C[C@@H](c1ccc(-c2ccc3nc(C4CC4)cc(C(=O)O)c3c2)cc1)N1CCOCC1. The number of fused-ring (bicyclic) bond motifs is 1. The minimum atomic E-state index is -0.892. The first-order chi connectivity index (χ1) is 14.6. The van der Waals surface area contributed by atoms with Crippen LogP contribution in [0.1, 0.15) is 53.3 Å². The van der Waals surface area contributed by atoms with Crippen LogP contribution < -0.4 is 0 Å². The summed E-state index contributed by atoms with van der Waals surface area (Å²) in [6.45, 7) is 5.74. The lowest BCUT2D eigenvalue weighted by Crippen LogP contribution is -2.37. The van der Waals surface area contributed by atoms with Crippen molar-refractivity contribution in [2.75, 3.05) is 26.3 Å². The summed E-state index contributed by atoms with van der Waals surface area (Å²) >= 11 is 0. The first-order valence-electron chi connectivity index (χ1n) is 10.7. The first-order valence-corrected chi connectivity index (χ1v) is 10.7. The smallest absolute Gasteiger partial charge is 0.336 e. The minimum absolute atomic E-state index is 0.348. The number of aromatic nitrogens is 1. The molecule has 3 aromatic rings. The normalized spacial score (nSPS) is 18.4. The van der Waals surface area contributed by atoms with Gasteiger partial charge in [-0.05, 0) is 54.7 Å². The summed E-state index contributed by atoms with van der Waals surface area (Å²) in [5.74, 6) is -0.468. The summed E-state index contributed by atoms with van der Waals surface area (Å²) in [5, 5.41) is 10.5. The van der Waals surface area contributed by atoms with Crippen molar-refractivity contribution in [3.8, 4) is 11.1 Å². The Kier molecular flexibility index (Phi) is 5.01. The molecule has 0 amide bonds. The van der Waals surface area contributed by atoms with E-state index in [1.54, 1.807) is 6.07 Å². The number of pyridine rings is 1. The van der Waals surface area contributed by atoms with Crippen LogP contribution in [0.3, 0.4) is 0 Å². The van der Waals surface area contributed by atoms with Crippen molar-refractivity contribution in [1.29, 1.82) is 0 Å². The second-order valence-corrected chi connectivity index (χ2v) is 8.35. The number of aromatic carboxylic acids is 1.